The van der Waals surface area contributed by atoms with Crippen LogP contribution in [0.5, 0.6) is 0 Å². The van der Waals surface area contributed by atoms with E-state index in [0.717, 1.165) is 0 Å². The number of rotatable bonds is 2. The smallest absolute Gasteiger partial charge is 0.266 e. The zero-order valence-electron chi connectivity index (χ0n) is 8.91. The second kappa shape index (κ2) is 5.29. The molecule has 1 amide bonds. The molecule has 2 aromatic rings. The molecule has 0 radical (unpaired) electrons. The van der Waals surface area contributed by atoms with E-state index in [2.05, 4.69) is 21.2 Å². The molecule has 0 aliphatic rings. The molecule has 18 heavy (non-hydrogen) atoms. The average molecular weight is 325 g/mol. The van der Waals surface area contributed by atoms with E-state index >= 15 is 0 Å². The fourth-order valence-electron chi connectivity index (χ4n) is 1.38. The van der Waals surface area contributed by atoms with Crippen LogP contribution in [0.4, 0.5) is 10.1 Å². The lowest BCUT2D eigenvalue weighted by Crippen LogP contribution is -2.12. The summed E-state index contributed by atoms with van der Waals surface area (Å²) < 4.78 is 14.0. The summed E-state index contributed by atoms with van der Waals surface area (Å²) in [4.78, 5) is 12.4. The topological polar surface area (TPSA) is 52.9 Å². The van der Waals surface area contributed by atoms with Crippen molar-refractivity contribution in [2.24, 2.45) is 0 Å². The Morgan fingerprint density at radius 2 is 2.22 bits per heavy atom. The monoisotopic (exact) mass is 324 g/mol. The first-order valence-electron chi connectivity index (χ1n) is 4.86. The van der Waals surface area contributed by atoms with Crippen LogP contribution in [0.2, 0.25) is 0 Å². The maximum atomic E-state index is 13.3. The highest BCUT2D eigenvalue weighted by Crippen LogP contribution is 2.25. The van der Waals surface area contributed by atoms with Gasteiger partial charge in [-0.15, -0.1) is 11.3 Å². The summed E-state index contributed by atoms with van der Waals surface area (Å²) in [6.45, 7) is 0. The van der Waals surface area contributed by atoms with Crippen molar-refractivity contribution in [2.75, 3.05) is 5.32 Å². The number of nitriles is 1. The minimum absolute atomic E-state index is 0.168. The van der Waals surface area contributed by atoms with Crippen LogP contribution >= 0.6 is 27.3 Å². The number of nitrogens with one attached hydrogen (secondary N) is 1. The minimum Gasteiger partial charge on any atom is -0.320 e. The van der Waals surface area contributed by atoms with Crippen molar-refractivity contribution < 1.29 is 9.18 Å². The first-order valence-corrected chi connectivity index (χ1v) is 6.53. The molecule has 1 aromatic carbocycles. The molecular weight excluding hydrogens is 319 g/mol. The van der Waals surface area contributed by atoms with Crippen molar-refractivity contribution in [3.8, 4) is 6.07 Å². The number of hydrogen-bond acceptors (Lipinski definition) is 3. The first kappa shape index (κ1) is 12.7. The molecule has 1 heterocycles. The fourth-order valence-corrected chi connectivity index (χ4v) is 2.82. The number of benzene rings is 1. The second-order valence-corrected chi connectivity index (χ2v) is 5.10. The number of carbonyl (C=O) groups is 1. The van der Waals surface area contributed by atoms with Crippen LogP contribution in [0.15, 0.2) is 34.1 Å². The Balaban J connectivity index is 2.31. The average Bonchev–Trinajstić information content (AvgIpc) is 2.76. The van der Waals surface area contributed by atoms with E-state index in [-0.39, 0.29) is 17.2 Å². The van der Waals surface area contributed by atoms with E-state index in [1.165, 1.54) is 29.5 Å². The molecule has 0 aliphatic carbocycles. The molecule has 90 valence electrons. The Morgan fingerprint density at radius 1 is 1.44 bits per heavy atom. The summed E-state index contributed by atoms with van der Waals surface area (Å²) in [5, 5.41) is 13.1. The molecule has 0 fully saturated rings. The third-order valence-corrected chi connectivity index (χ3v) is 4.03. The molecule has 0 unspecified atom stereocenters. The van der Waals surface area contributed by atoms with E-state index in [1.54, 1.807) is 17.5 Å². The normalized spacial score (nSPS) is 9.83. The Hall–Kier alpha value is -1.71. The highest BCUT2D eigenvalue weighted by molar-refractivity contribution is 9.10. The molecular formula is C12H6BrFN2OS. The van der Waals surface area contributed by atoms with Gasteiger partial charge in [-0.3, -0.25) is 4.79 Å². The molecule has 0 atom stereocenters. The van der Waals surface area contributed by atoms with Gasteiger partial charge < -0.3 is 5.32 Å². The molecule has 2 rings (SSSR count). The molecule has 3 nitrogen and oxygen atoms in total. The van der Waals surface area contributed by atoms with E-state index in [9.17, 15) is 9.18 Å². The lowest BCUT2D eigenvalue weighted by Gasteiger charge is -2.06. The van der Waals surface area contributed by atoms with E-state index in [4.69, 9.17) is 5.26 Å². The Kier molecular flexibility index (Phi) is 3.75. The summed E-state index contributed by atoms with van der Waals surface area (Å²) in [6, 6.07) is 7.58. The van der Waals surface area contributed by atoms with Crippen molar-refractivity contribution in [1.82, 2.24) is 0 Å². The molecule has 1 N–H and O–H groups in total. The summed E-state index contributed by atoms with van der Waals surface area (Å²) in [5.41, 5.74) is 0.00123. The summed E-state index contributed by atoms with van der Waals surface area (Å²) in [5.74, 6) is -1.03. The SMILES string of the molecule is N#Cc1c(F)cccc1NC(=O)c1sccc1Br. The quantitative estimate of drug-likeness (QED) is 0.914. The Bertz CT molecular complexity index is 648. The maximum Gasteiger partial charge on any atom is 0.266 e. The van der Waals surface area contributed by atoms with Crippen LogP contribution in [-0.2, 0) is 0 Å². The van der Waals surface area contributed by atoms with E-state index in [0.29, 0.717) is 9.35 Å². The molecule has 0 bridgehead atoms. The largest absolute Gasteiger partial charge is 0.320 e. The van der Waals surface area contributed by atoms with Crippen LogP contribution in [0.3, 0.4) is 0 Å². The van der Waals surface area contributed by atoms with Gasteiger partial charge in [0.1, 0.15) is 22.3 Å². The summed E-state index contributed by atoms with van der Waals surface area (Å²) >= 11 is 4.50. The zero-order valence-corrected chi connectivity index (χ0v) is 11.3. The van der Waals surface area contributed by atoms with Crippen molar-refractivity contribution >= 4 is 38.9 Å². The van der Waals surface area contributed by atoms with Crippen molar-refractivity contribution in [1.29, 1.82) is 5.26 Å². The van der Waals surface area contributed by atoms with Crippen LogP contribution in [0.1, 0.15) is 15.2 Å². The minimum atomic E-state index is -0.652. The summed E-state index contributed by atoms with van der Waals surface area (Å²) in [7, 11) is 0. The molecule has 6 heteroatoms. The highest BCUT2D eigenvalue weighted by atomic mass is 79.9. The van der Waals surface area contributed by atoms with Gasteiger partial charge in [0.25, 0.3) is 5.91 Å². The first-order chi connectivity index (χ1) is 8.63. The van der Waals surface area contributed by atoms with Gasteiger partial charge in [0.15, 0.2) is 0 Å². The van der Waals surface area contributed by atoms with E-state index in [1.807, 2.05) is 0 Å². The number of amides is 1. The number of carbonyl (C=O) groups excluding carboxylic acids is 1. The Morgan fingerprint density at radius 3 is 2.83 bits per heavy atom. The predicted octanol–water partition coefficient (Wildman–Crippen LogP) is 3.77. The number of halogens is 2. The molecule has 1 aromatic heterocycles. The summed E-state index contributed by atoms with van der Waals surface area (Å²) in [6.07, 6.45) is 0. The van der Waals surface area contributed by atoms with Gasteiger partial charge in [0, 0.05) is 4.47 Å². The molecule has 0 saturated carbocycles. The standard InChI is InChI=1S/C12H6BrFN2OS/c13-8-4-5-18-11(8)12(17)16-10-3-1-2-9(14)7(10)6-15/h1-5H,(H,16,17). The maximum absolute atomic E-state index is 13.3. The van der Waals surface area contributed by atoms with Gasteiger partial charge in [0.05, 0.1) is 5.69 Å². The fraction of sp³-hybridized carbons (Fsp3) is 0. The van der Waals surface area contributed by atoms with Gasteiger partial charge in [0.2, 0.25) is 0 Å². The third-order valence-electron chi connectivity index (χ3n) is 2.20. The van der Waals surface area contributed by atoms with Crippen LogP contribution < -0.4 is 5.32 Å². The Labute approximate surface area is 115 Å². The number of nitrogens with zero attached hydrogens (tertiary/aromatic N) is 1. The zero-order chi connectivity index (χ0) is 13.1. The number of hydrogen-bond donors (Lipinski definition) is 1. The molecule has 0 saturated heterocycles. The number of anilines is 1. The highest BCUT2D eigenvalue weighted by Gasteiger charge is 2.15. The second-order valence-electron chi connectivity index (χ2n) is 3.33. The van der Waals surface area contributed by atoms with Gasteiger partial charge in [-0.1, -0.05) is 6.07 Å². The predicted molar refractivity (Wildman–Crippen MR) is 71.1 cm³/mol. The van der Waals surface area contributed by atoms with Crippen LogP contribution in [-0.4, -0.2) is 5.91 Å². The van der Waals surface area contributed by atoms with E-state index < -0.39 is 5.82 Å². The van der Waals surface area contributed by atoms with Gasteiger partial charge in [-0.2, -0.15) is 5.26 Å². The van der Waals surface area contributed by atoms with Crippen LogP contribution in [0, 0.1) is 17.1 Å². The molecule has 0 aliphatic heterocycles. The van der Waals surface area contributed by atoms with Crippen LogP contribution in [0.25, 0.3) is 0 Å². The van der Waals surface area contributed by atoms with Gasteiger partial charge in [-0.05, 0) is 39.5 Å². The van der Waals surface area contributed by atoms with Gasteiger partial charge in [-0.25, -0.2) is 4.39 Å². The molecule has 0 spiro atoms. The third kappa shape index (κ3) is 2.42. The van der Waals surface area contributed by atoms with Crippen molar-refractivity contribution in [2.45, 2.75) is 0 Å². The van der Waals surface area contributed by atoms with Crippen molar-refractivity contribution in [3.05, 3.63) is 50.4 Å². The lowest BCUT2D eigenvalue weighted by molar-refractivity contribution is 0.103. The number of thiophene rings is 1. The van der Waals surface area contributed by atoms with Crippen molar-refractivity contribution in [3.63, 3.8) is 0 Å². The van der Waals surface area contributed by atoms with Gasteiger partial charge >= 0.3 is 0 Å². The lowest BCUT2D eigenvalue weighted by atomic mass is 10.2.